The van der Waals surface area contributed by atoms with Crippen LogP contribution < -0.4 is 9.50 Å². The van der Waals surface area contributed by atoms with E-state index in [9.17, 15) is 31.7 Å². The maximum atomic E-state index is 12.5. The summed E-state index contributed by atoms with van der Waals surface area (Å²) in [6, 6.07) is 10.3. The minimum absolute atomic E-state index is 0.0372. The first kappa shape index (κ1) is 20.4. The minimum Gasteiger partial charge on any atom is -0.379 e. The lowest BCUT2D eigenvalue weighted by atomic mass is 10.1. The van der Waals surface area contributed by atoms with Crippen molar-refractivity contribution in [2.45, 2.75) is 18.9 Å². The number of alkyl halides is 3. The number of halogens is 3. The van der Waals surface area contributed by atoms with Crippen LogP contribution in [0.1, 0.15) is 11.3 Å². The Bertz CT molecular complexity index is 934. The smallest absolute Gasteiger partial charge is 0.379 e. The Morgan fingerprint density at radius 3 is 2.44 bits per heavy atom. The van der Waals surface area contributed by atoms with Crippen molar-refractivity contribution < 1.29 is 30.7 Å². The highest BCUT2D eigenvalue weighted by molar-refractivity contribution is 7.88. The number of hydrogen-bond donors (Lipinski definition) is 1. The number of rotatable bonds is 7. The average Bonchev–Trinajstić information content (AvgIpc) is 2.53. The van der Waals surface area contributed by atoms with E-state index in [0.29, 0.717) is 6.42 Å². The molecule has 1 aromatic carbocycles. The van der Waals surface area contributed by atoms with Crippen molar-refractivity contribution in [3.8, 4) is 5.88 Å². The van der Waals surface area contributed by atoms with E-state index < -0.39 is 32.1 Å². The number of nitrogens with one attached hydrogen (secondary N) is 1. The molecule has 0 bridgehead atoms. The Labute approximate surface area is 152 Å². The molecule has 0 saturated carbocycles. The van der Waals surface area contributed by atoms with Crippen LogP contribution in [-0.2, 0) is 16.5 Å². The molecule has 0 aliphatic heterocycles. The van der Waals surface area contributed by atoms with E-state index in [4.69, 9.17) is 0 Å². The molecule has 1 N–H and O–H groups in total. The van der Waals surface area contributed by atoms with Crippen molar-refractivity contribution in [2.75, 3.05) is 11.9 Å². The van der Waals surface area contributed by atoms with Crippen LogP contribution in [0, 0.1) is 17.0 Å². The molecule has 8 nitrogen and oxygen atoms in total. The van der Waals surface area contributed by atoms with Gasteiger partial charge in [-0.1, -0.05) is 30.3 Å². The molecule has 0 saturated heterocycles. The fourth-order valence-electron chi connectivity index (χ4n) is 2.14. The first-order valence-corrected chi connectivity index (χ1v) is 8.86. The zero-order chi connectivity index (χ0) is 20.2. The molecule has 0 atom stereocenters. The van der Waals surface area contributed by atoms with Gasteiger partial charge >= 0.3 is 27.2 Å². The maximum Gasteiger partial charge on any atom is 0.534 e. The van der Waals surface area contributed by atoms with Crippen molar-refractivity contribution in [1.82, 2.24) is 4.98 Å². The molecule has 0 fully saturated rings. The molecule has 2 aromatic rings. The van der Waals surface area contributed by atoms with Crippen molar-refractivity contribution in [3.63, 3.8) is 0 Å². The Hall–Kier alpha value is -2.89. The van der Waals surface area contributed by atoms with E-state index in [0.717, 1.165) is 5.56 Å². The van der Waals surface area contributed by atoms with Crippen LogP contribution in [0.15, 0.2) is 36.4 Å². The summed E-state index contributed by atoms with van der Waals surface area (Å²) in [5.41, 5.74) is -5.98. The number of benzene rings is 1. The third-order valence-electron chi connectivity index (χ3n) is 3.32. The van der Waals surface area contributed by atoms with Crippen molar-refractivity contribution in [1.29, 1.82) is 0 Å². The number of nitro groups is 1. The quantitative estimate of drug-likeness (QED) is 0.326. The highest BCUT2D eigenvalue weighted by atomic mass is 32.2. The lowest BCUT2D eigenvalue weighted by molar-refractivity contribution is -0.384. The van der Waals surface area contributed by atoms with Gasteiger partial charge in [0.1, 0.15) is 5.69 Å². The maximum absolute atomic E-state index is 12.5. The summed E-state index contributed by atoms with van der Waals surface area (Å²) < 4.78 is 63.8. The van der Waals surface area contributed by atoms with Gasteiger partial charge in [-0.3, -0.25) is 10.1 Å². The zero-order valence-corrected chi connectivity index (χ0v) is 14.7. The van der Waals surface area contributed by atoms with Gasteiger partial charge in [0.25, 0.3) is 0 Å². The van der Waals surface area contributed by atoms with E-state index in [1.54, 1.807) is 0 Å². The molecule has 0 unspecified atom stereocenters. The lowest BCUT2D eigenvalue weighted by Gasteiger charge is -2.12. The fraction of sp³-hybridized carbons (Fsp3) is 0.267. The van der Waals surface area contributed by atoms with Crippen LogP contribution in [0.2, 0.25) is 0 Å². The van der Waals surface area contributed by atoms with Gasteiger partial charge < -0.3 is 9.50 Å². The van der Waals surface area contributed by atoms with Crippen molar-refractivity contribution in [2.24, 2.45) is 0 Å². The Kier molecular flexibility index (Phi) is 5.88. The third kappa shape index (κ3) is 5.06. The number of pyridine rings is 1. The molecule has 1 heterocycles. The summed E-state index contributed by atoms with van der Waals surface area (Å²) >= 11 is 0. The second kappa shape index (κ2) is 7.78. The van der Waals surface area contributed by atoms with E-state index in [1.807, 2.05) is 30.3 Å². The number of aromatic nitrogens is 1. The molecule has 146 valence electrons. The van der Waals surface area contributed by atoms with Gasteiger partial charge in [0.05, 0.1) is 4.92 Å². The van der Waals surface area contributed by atoms with Gasteiger partial charge in [-0.25, -0.2) is 4.98 Å². The number of anilines is 1. The molecule has 0 aliphatic rings. The van der Waals surface area contributed by atoms with E-state index in [1.165, 1.54) is 13.0 Å². The van der Waals surface area contributed by atoms with Gasteiger partial charge in [0.15, 0.2) is 0 Å². The van der Waals surface area contributed by atoms with E-state index >= 15 is 0 Å². The van der Waals surface area contributed by atoms with E-state index in [2.05, 4.69) is 14.5 Å². The summed E-state index contributed by atoms with van der Waals surface area (Å²) in [5.74, 6) is -1.25. The normalized spacial score (nSPS) is 11.9. The summed E-state index contributed by atoms with van der Waals surface area (Å²) in [6.07, 6.45) is 0.469. The molecule has 1 aromatic heterocycles. The molecule has 0 amide bonds. The zero-order valence-electron chi connectivity index (χ0n) is 13.9. The van der Waals surface area contributed by atoms with Crippen LogP contribution >= 0.6 is 0 Å². The van der Waals surface area contributed by atoms with Crippen LogP contribution in [0.5, 0.6) is 5.88 Å². The van der Waals surface area contributed by atoms with Gasteiger partial charge in [-0.05, 0) is 25.0 Å². The summed E-state index contributed by atoms with van der Waals surface area (Å²) in [6.45, 7) is 1.54. The fourth-order valence-corrected chi connectivity index (χ4v) is 2.56. The summed E-state index contributed by atoms with van der Waals surface area (Å²) in [4.78, 5) is 13.7. The lowest BCUT2D eigenvalue weighted by Crippen LogP contribution is -2.28. The highest BCUT2D eigenvalue weighted by Gasteiger charge is 2.50. The molecule has 27 heavy (non-hydrogen) atoms. The van der Waals surface area contributed by atoms with Crippen molar-refractivity contribution >= 4 is 21.5 Å². The third-order valence-corrected chi connectivity index (χ3v) is 4.26. The van der Waals surface area contributed by atoms with Gasteiger partial charge in [-0.2, -0.15) is 21.6 Å². The number of hydrogen-bond acceptors (Lipinski definition) is 7. The molecule has 0 aliphatic carbocycles. The summed E-state index contributed by atoms with van der Waals surface area (Å²) in [5, 5.41) is 14.0. The van der Waals surface area contributed by atoms with Gasteiger partial charge in [0.2, 0.25) is 0 Å². The second-order valence-electron chi connectivity index (χ2n) is 5.37. The molecule has 0 radical (unpaired) electrons. The Morgan fingerprint density at radius 2 is 1.89 bits per heavy atom. The van der Waals surface area contributed by atoms with Crippen LogP contribution in [-0.4, -0.2) is 30.4 Å². The molecular weight excluding hydrogens is 391 g/mol. The molecule has 12 heteroatoms. The highest BCUT2D eigenvalue weighted by Crippen LogP contribution is 2.37. The van der Waals surface area contributed by atoms with Gasteiger partial charge in [0, 0.05) is 12.2 Å². The van der Waals surface area contributed by atoms with Crippen LogP contribution in [0.4, 0.5) is 24.5 Å². The van der Waals surface area contributed by atoms with Crippen molar-refractivity contribution in [3.05, 3.63) is 57.8 Å². The second-order valence-corrected chi connectivity index (χ2v) is 6.91. The molecule has 0 spiro atoms. The first-order valence-electron chi connectivity index (χ1n) is 7.46. The van der Waals surface area contributed by atoms with E-state index in [-0.39, 0.29) is 17.9 Å². The largest absolute Gasteiger partial charge is 0.534 e. The monoisotopic (exact) mass is 405 g/mol. The SMILES string of the molecule is Cc1cc(NCCc2ccccc2)c([N+](=O)[O-])c(OS(=O)(=O)C(F)(F)F)n1. The van der Waals surface area contributed by atoms with Gasteiger partial charge in [-0.15, -0.1) is 0 Å². The first-order chi connectivity index (χ1) is 12.5. The average molecular weight is 405 g/mol. The molecule has 2 rings (SSSR count). The number of aryl methyl sites for hydroxylation is 1. The van der Waals surface area contributed by atoms with Crippen LogP contribution in [0.25, 0.3) is 0 Å². The Morgan fingerprint density at radius 1 is 1.26 bits per heavy atom. The Balaban J connectivity index is 2.32. The standard InChI is InChI=1S/C15H14F3N3O5S/c1-10-9-12(19-8-7-11-5-3-2-4-6-11)13(21(22)23)14(20-10)26-27(24,25)15(16,17)18/h2-6,9H,7-8H2,1H3,(H,19,20). The predicted molar refractivity (Wildman–Crippen MR) is 89.9 cm³/mol. The van der Waals surface area contributed by atoms with Crippen LogP contribution in [0.3, 0.4) is 0 Å². The predicted octanol–water partition coefficient (Wildman–Crippen LogP) is 3.18. The minimum atomic E-state index is -6.10. The molecular formula is C15H14F3N3O5S. The summed E-state index contributed by atoms with van der Waals surface area (Å²) in [7, 11) is -6.10. The topological polar surface area (TPSA) is 111 Å². The number of nitrogens with zero attached hydrogens (tertiary/aromatic N) is 2.